The van der Waals surface area contributed by atoms with Gasteiger partial charge in [-0.05, 0) is 62.2 Å². The van der Waals surface area contributed by atoms with Crippen LogP contribution < -0.4 is 0 Å². The Bertz CT molecular complexity index is 861. The van der Waals surface area contributed by atoms with Gasteiger partial charge in [0.25, 0.3) is 11.8 Å². The summed E-state index contributed by atoms with van der Waals surface area (Å²) in [6.07, 6.45) is 0.781. The fourth-order valence-electron chi connectivity index (χ4n) is 4.02. The predicted molar refractivity (Wildman–Crippen MR) is 94.4 cm³/mol. The number of likely N-dealkylation sites (tertiary alicyclic amines) is 2. The van der Waals surface area contributed by atoms with Crippen molar-refractivity contribution in [2.24, 2.45) is 0 Å². The molecule has 6 heteroatoms. The smallest absolute Gasteiger partial charge is 0.272 e. The van der Waals surface area contributed by atoms with E-state index in [2.05, 4.69) is 4.98 Å². The minimum Gasteiger partial charge on any atom is -0.332 e. The van der Waals surface area contributed by atoms with Gasteiger partial charge in [-0.3, -0.25) is 9.59 Å². The summed E-state index contributed by atoms with van der Waals surface area (Å²) in [6.45, 7) is 4.86. The first-order chi connectivity index (χ1) is 12.4. The Kier molecular flexibility index (Phi) is 3.98. The van der Waals surface area contributed by atoms with Crippen LogP contribution in [-0.4, -0.2) is 51.8 Å². The summed E-state index contributed by atoms with van der Waals surface area (Å²) < 4.78 is 13.1. The number of hydrogen-bond acceptors (Lipinski definition) is 3. The molecule has 0 radical (unpaired) electrons. The first-order valence-corrected chi connectivity index (χ1v) is 8.75. The maximum absolute atomic E-state index is 13.1. The SMILES string of the molecule is Cc1cc(C)nc(C(=O)N2C[C@@H]3C[C@H]2CN3C(=O)c2ccc(F)cc2)c1. The van der Waals surface area contributed by atoms with Crippen LogP contribution in [-0.2, 0) is 0 Å². The molecule has 5 nitrogen and oxygen atoms in total. The number of benzene rings is 1. The third-order valence-corrected chi connectivity index (χ3v) is 5.17. The zero-order valence-electron chi connectivity index (χ0n) is 14.8. The summed E-state index contributed by atoms with van der Waals surface area (Å²) in [5, 5.41) is 0. The van der Waals surface area contributed by atoms with Crippen LogP contribution in [0.2, 0.25) is 0 Å². The summed E-state index contributed by atoms with van der Waals surface area (Å²) >= 11 is 0. The van der Waals surface area contributed by atoms with Crippen molar-refractivity contribution in [1.29, 1.82) is 0 Å². The zero-order chi connectivity index (χ0) is 18.4. The molecule has 2 atom stereocenters. The minimum atomic E-state index is -0.359. The Morgan fingerprint density at radius 2 is 1.62 bits per heavy atom. The highest BCUT2D eigenvalue weighted by Crippen LogP contribution is 2.32. The van der Waals surface area contributed by atoms with Gasteiger partial charge in [0.05, 0.1) is 12.1 Å². The van der Waals surface area contributed by atoms with Gasteiger partial charge in [0, 0.05) is 24.3 Å². The van der Waals surface area contributed by atoms with Crippen molar-refractivity contribution in [1.82, 2.24) is 14.8 Å². The molecule has 3 heterocycles. The zero-order valence-corrected chi connectivity index (χ0v) is 14.8. The Morgan fingerprint density at radius 1 is 1.00 bits per heavy atom. The van der Waals surface area contributed by atoms with Crippen LogP contribution in [0, 0.1) is 19.7 Å². The fraction of sp³-hybridized carbons (Fsp3) is 0.350. The molecule has 0 spiro atoms. The minimum absolute atomic E-state index is 0.00686. The number of aryl methyl sites for hydroxylation is 2. The summed E-state index contributed by atoms with van der Waals surface area (Å²) in [5.74, 6) is -0.533. The lowest BCUT2D eigenvalue weighted by molar-refractivity contribution is 0.0523. The van der Waals surface area contributed by atoms with Crippen LogP contribution in [0.5, 0.6) is 0 Å². The van der Waals surface area contributed by atoms with Crippen molar-refractivity contribution in [2.75, 3.05) is 13.1 Å². The number of carbonyl (C=O) groups excluding carboxylic acids is 2. The first-order valence-electron chi connectivity index (χ1n) is 8.75. The van der Waals surface area contributed by atoms with E-state index in [4.69, 9.17) is 0 Å². The number of carbonyl (C=O) groups is 2. The first kappa shape index (κ1) is 16.7. The predicted octanol–water partition coefficient (Wildman–Crippen LogP) is 2.58. The molecule has 2 aliphatic rings. The quantitative estimate of drug-likeness (QED) is 0.834. The lowest BCUT2D eigenvalue weighted by Crippen LogP contribution is -2.50. The van der Waals surface area contributed by atoms with Crippen molar-refractivity contribution in [2.45, 2.75) is 32.4 Å². The van der Waals surface area contributed by atoms with Crippen LogP contribution in [0.15, 0.2) is 36.4 Å². The van der Waals surface area contributed by atoms with E-state index in [-0.39, 0.29) is 29.7 Å². The molecule has 1 aromatic heterocycles. The molecule has 26 heavy (non-hydrogen) atoms. The van der Waals surface area contributed by atoms with Gasteiger partial charge >= 0.3 is 0 Å². The Morgan fingerprint density at radius 3 is 2.19 bits per heavy atom. The van der Waals surface area contributed by atoms with Gasteiger partial charge in [0.15, 0.2) is 0 Å². The molecule has 2 bridgehead atoms. The van der Waals surface area contributed by atoms with Crippen molar-refractivity contribution >= 4 is 11.8 Å². The fourth-order valence-corrected chi connectivity index (χ4v) is 4.02. The highest BCUT2D eigenvalue weighted by atomic mass is 19.1. The molecule has 0 aliphatic carbocycles. The van der Waals surface area contributed by atoms with Crippen LogP contribution in [0.1, 0.15) is 38.5 Å². The molecular formula is C20H20FN3O2. The average Bonchev–Trinajstić information content (AvgIpc) is 3.21. The maximum atomic E-state index is 13.1. The topological polar surface area (TPSA) is 53.5 Å². The van der Waals surface area contributed by atoms with E-state index in [0.29, 0.717) is 24.3 Å². The standard InChI is InChI=1S/C20H20FN3O2/c1-12-7-13(2)22-18(8-12)20(26)24-11-16-9-17(24)10-23(16)19(25)14-3-5-15(21)6-4-14/h3-8,16-17H,9-11H2,1-2H3/t16-,17-/m0/s1. The third-order valence-electron chi connectivity index (χ3n) is 5.17. The van der Waals surface area contributed by atoms with Gasteiger partial charge in [0.1, 0.15) is 11.5 Å². The van der Waals surface area contributed by atoms with Crippen molar-refractivity contribution in [3.8, 4) is 0 Å². The number of rotatable bonds is 2. The molecule has 2 aliphatic heterocycles. The Balaban J connectivity index is 1.48. The molecular weight excluding hydrogens is 333 g/mol. The summed E-state index contributed by atoms with van der Waals surface area (Å²) in [6, 6.07) is 9.37. The number of amides is 2. The molecule has 2 amide bonds. The number of aromatic nitrogens is 1. The monoisotopic (exact) mass is 353 g/mol. The number of piperazine rings is 1. The van der Waals surface area contributed by atoms with Gasteiger partial charge in [0.2, 0.25) is 0 Å². The van der Waals surface area contributed by atoms with Crippen molar-refractivity contribution < 1.29 is 14.0 Å². The molecule has 4 rings (SSSR count). The van der Waals surface area contributed by atoms with E-state index >= 15 is 0 Å². The summed E-state index contributed by atoms with van der Waals surface area (Å²) in [7, 11) is 0. The number of halogens is 1. The lowest BCUT2D eigenvalue weighted by atomic mass is 10.1. The molecule has 2 saturated heterocycles. The highest BCUT2D eigenvalue weighted by Gasteiger charge is 2.47. The van der Waals surface area contributed by atoms with Gasteiger partial charge in [-0.25, -0.2) is 9.37 Å². The lowest BCUT2D eigenvalue weighted by Gasteiger charge is -2.34. The largest absolute Gasteiger partial charge is 0.332 e. The van der Waals surface area contributed by atoms with Gasteiger partial charge in [-0.1, -0.05) is 0 Å². The number of nitrogens with zero attached hydrogens (tertiary/aromatic N) is 3. The van der Waals surface area contributed by atoms with Gasteiger partial charge in [-0.15, -0.1) is 0 Å². The van der Waals surface area contributed by atoms with Crippen molar-refractivity contribution in [3.63, 3.8) is 0 Å². The number of hydrogen-bond donors (Lipinski definition) is 0. The molecule has 134 valence electrons. The molecule has 2 aromatic rings. The van der Waals surface area contributed by atoms with E-state index in [1.807, 2.05) is 30.9 Å². The summed E-state index contributed by atoms with van der Waals surface area (Å²) in [5.41, 5.74) is 2.78. The van der Waals surface area contributed by atoms with E-state index in [1.54, 1.807) is 4.90 Å². The second-order valence-electron chi connectivity index (χ2n) is 7.14. The maximum Gasteiger partial charge on any atom is 0.272 e. The number of pyridine rings is 1. The highest BCUT2D eigenvalue weighted by molar-refractivity contribution is 5.96. The average molecular weight is 353 g/mol. The van der Waals surface area contributed by atoms with Crippen LogP contribution in [0.25, 0.3) is 0 Å². The second-order valence-corrected chi connectivity index (χ2v) is 7.14. The Hall–Kier alpha value is -2.76. The molecule has 0 saturated carbocycles. The van der Waals surface area contributed by atoms with E-state index < -0.39 is 0 Å². The summed E-state index contributed by atoms with van der Waals surface area (Å²) in [4.78, 5) is 33.5. The second kappa shape index (κ2) is 6.20. The van der Waals surface area contributed by atoms with E-state index in [0.717, 1.165) is 17.7 Å². The normalized spacial score (nSPS) is 21.3. The molecule has 0 N–H and O–H groups in total. The van der Waals surface area contributed by atoms with Crippen LogP contribution >= 0.6 is 0 Å². The Labute approximate surface area is 151 Å². The van der Waals surface area contributed by atoms with Gasteiger partial charge in [-0.2, -0.15) is 0 Å². The van der Waals surface area contributed by atoms with Crippen LogP contribution in [0.4, 0.5) is 4.39 Å². The third kappa shape index (κ3) is 2.85. The molecule has 2 fully saturated rings. The van der Waals surface area contributed by atoms with Crippen molar-refractivity contribution in [3.05, 3.63) is 64.7 Å². The molecule has 0 unspecified atom stereocenters. The number of fused-ring (bicyclic) bond motifs is 2. The van der Waals surface area contributed by atoms with E-state index in [1.165, 1.54) is 24.3 Å². The van der Waals surface area contributed by atoms with Gasteiger partial charge < -0.3 is 9.80 Å². The molecule has 1 aromatic carbocycles. The van der Waals surface area contributed by atoms with E-state index in [9.17, 15) is 14.0 Å². The van der Waals surface area contributed by atoms with Crippen LogP contribution in [0.3, 0.4) is 0 Å².